The zero-order chi connectivity index (χ0) is 15.2. The molecule has 116 valence electrons. The van der Waals surface area contributed by atoms with E-state index in [2.05, 4.69) is 20.3 Å². The Labute approximate surface area is 133 Å². The Hall–Kier alpha value is -1.86. The van der Waals surface area contributed by atoms with Gasteiger partial charge in [0.05, 0.1) is 5.69 Å². The van der Waals surface area contributed by atoms with Gasteiger partial charge in [-0.25, -0.2) is 15.0 Å². The standard InChI is InChI=1S/C15H18N4O2S/c20-14(12-4-1-2-9-21-12)18-8-5-11-10-22-15(19-11)13-16-6-3-7-17-13/h3,6-7,10,12H,1-2,4-5,8-9H2,(H,18,20). The molecule has 1 atom stereocenters. The number of rotatable bonds is 5. The van der Waals surface area contributed by atoms with Crippen molar-refractivity contribution in [3.63, 3.8) is 0 Å². The van der Waals surface area contributed by atoms with Crippen LogP contribution in [0.4, 0.5) is 0 Å². The highest BCUT2D eigenvalue weighted by Gasteiger charge is 2.21. The Balaban J connectivity index is 1.48. The van der Waals surface area contributed by atoms with Crippen molar-refractivity contribution in [3.05, 3.63) is 29.5 Å². The van der Waals surface area contributed by atoms with Gasteiger partial charge < -0.3 is 10.1 Å². The Morgan fingerprint density at radius 3 is 3.00 bits per heavy atom. The molecule has 1 aliphatic heterocycles. The number of carbonyl (C=O) groups is 1. The first-order valence-corrected chi connectivity index (χ1v) is 8.32. The molecule has 0 spiro atoms. The van der Waals surface area contributed by atoms with Gasteiger partial charge in [0.1, 0.15) is 6.10 Å². The van der Waals surface area contributed by atoms with Gasteiger partial charge in [0.15, 0.2) is 10.8 Å². The molecule has 1 fully saturated rings. The molecular weight excluding hydrogens is 300 g/mol. The first-order chi connectivity index (χ1) is 10.8. The summed E-state index contributed by atoms with van der Waals surface area (Å²) in [5.41, 5.74) is 0.942. The van der Waals surface area contributed by atoms with Gasteiger partial charge in [0.2, 0.25) is 5.91 Å². The molecule has 3 rings (SSSR count). The van der Waals surface area contributed by atoms with E-state index in [1.165, 1.54) is 11.3 Å². The van der Waals surface area contributed by atoms with E-state index in [0.717, 1.165) is 30.0 Å². The first-order valence-electron chi connectivity index (χ1n) is 7.44. The average Bonchev–Trinajstić information content (AvgIpc) is 3.05. The van der Waals surface area contributed by atoms with Gasteiger partial charge in [-0.15, -0.1) is 11.3 Å². The number of hydrogen-bond donors (Lipinski definition) is 1. The van der Waals surface area contributed by atoms with Gasteiger partial charge in [-0.3, -0.25) is 4.79 Å². The number of amides is 1. The SMILES string of the molecule is O=C(NCCc1csc(-c2ncccn2)n1)C1CCCCO1. The number of ether oxygens (including phenoxy) is 1. The van der Waals surface area contributed by atoms with Gasteiger partial charge in [-0.1, -0.05) is 0 Å². The number of hydrogen-bond acceptors (Lipinski definition) is 6. The molecule has 1 N–H and O–H groups in total. The fourth-order valence-electron chi connectivity index (χ4n) is 2.31. The summed E-state index contributed by atoms with van der Waals surface area (Å²) >= 11 is 1.52. The molecule has 7 heteroatoms. The van der Waals surface area contributed by atoms with Crippen molar-refractivity contribution in [2.45, 2.75) is 31.8 Å². The summed E-state index contributed by atoms with van der Waals surface area (Å²) in [6.07, 6.45) is 6.75. The number of nitrogens with one attached hydrogen (secondary N) is 1. The van der Waals surface area contributed by atoms with Crippen molar-refractivity contribution < 1.29 is 9.53 Å². The van der Waals surface area contributed by atoms with Gasteiger partial charge in [0, 0.05) is 37.3 Å². The summed E-state index contributed by atoms with van der Waals surface area (Å²) < 4.78 is 5.46. The molecule has 1 amide bonds. The molecule has 3 heterocycles. The third kappa shape index (κ3) is 3.86. The quantitative estimate of drug-likeness (QED) is 0.910. The Morgan fingerprint density at radius 1 is 1.36 bits per heavy atom. The van der Waals surface area contributed by atoms with Crippen LogP contribution in [0.15, 0.2) is 23.8 Å². The monoisotopic (exact) mass is 318 g/mol. The normalized spacial score (nSPS) is 18.1. The van der Waals surface area contributed by atoms with E-state index < -0.39 is 0 Å². The fraction of sp³-hybridized carbons (Fsp3) is 0.467. The second-order valence-corrected chi connectivity index (χ2v) is 5.97. The molecule has 0 saturated carbocycles. The maximum Gasteiger partial charge on any atom is 0.249 e. The molecule has 0 radical (unpaired) electrons. The molecule has 0 aromatic carbocycles. The lowest BCUT2D eigenvalue weighted by Crippen LogP contribution is -2.39. The van der Waals surface area contributed by atoms with Gasteiger partial charge in [-0.05, 0) is 25.3 Å². The maximum absolute atomic E-state index is 11.9. The molecule has 22 heavy (non-hydrogen) atoms. The van der Waals surface area contributed by atoms with Crippen LogP contribution in [0, 0.1) is 0 Å². The molecular formula is C15H18N4O2S. The highest BCUT2D eigenvalue weighted by atomic mass is 32.1. The number of carbonyl (C=O) groups excluding carboxylic acids is 1. The van der Waals surface area contributed by atoms with Crippen LogP contribution in [0.2, 0.25) is 0 Å². The number of thiazole rings is 1. The highest BCUT2D eigenvalue weighted by Crippen LogP contribution is 2.19. The highest BCUT2D eigenvalue weighted by molar-refractivity contribution is 7.13. The van der Waals surface area contributed by atoms with E-state index >= 15 is 0 Å². The minimum Gasteiger partial charge on any atom is -0.368 e. The van der Waals surface area contributed by atoms with Crippen LogP contribution in [0.5, 0.6) is 0 Å². The summed E-state index contributed by atoms with van der Waals surface area (Å²) in [6.45, 7) is 1.25. The van der Waals surface area contributed by atoms with Gasteiger partial charge >= 0.3 is 0 Å². The van der Waals surface area contributed by atoms with Crippen LogP contribution in [-0.4, -0.2) is 40.1 Å². The van der Waals surface area contributed by atoms with Crippen LogP contribution in [0.1, 0.15) is 25.0 Å². The van der Waals surface area contributed by atoms with Crippen molar-refractivity contribution in [2.24, 2.45) is 0 Å². The van der Waals surface area contributed by atoms with E-state index in [-0.39, 0.29) is 12.0 Å². The lowest BCUT2D eigenvalue weighted by Gasteiger charge is -2.21. The Morgan fingerprint density at radius 2 is 2.23 bits per heavy atom. The third-order valence-electron chi connectivity index (χ3n) is 3.46. The average molecular weight is 318 g/mol. The van der Waals surface area contributed by atoms with Crippen molar-refractivity contribution in [2.75, 3.05) is 13.2 Å². The van der Waals surface area contributed by atoms with E-state index in [9.17, 15) is 4.79 Å². The molecule has 0 bridgehead atoms. The van der Waals surface area contributed by atoms with Crippen molar-refractivity contribution in [3.8, 4) is 10.8 Å². The predicted molar refractivity (Wildman–Crippen MR) is 83.4 cm³/mol. The lowest BCUT2D eigenvalue weighted by atomic mass is 10.1. The van der Waals surface area contributed by atoms with Crippen molar-refractivity contribution >= 4 is 17.2 Å². The summed E-state index contributed by atoms with van der Waals surface area (Å²) in [4.78, 5) is 24.8. The molecule has 6 nitrogen and oxygen atoms in total. The third-order valence-corrected chi connectivity index (χ3v) is 4.35. The topological polar surface area (TPSA) is 77.0 Å². The molecule has 2 aromatic rings. The minimum atomic E-state index is -0.280. The lowest BCUT2D eigenvalue weighted by molar-refractivity contribution is -0.135. The molecule has 2 aromatic heterocycles. The molecule has 1 unspecified atom stereocenters. The van der Waals surface area contributed by atoms with E-state index in [0.29, 0.717) is 25.4 Å². The number of nitrogens with zero attached hydrogens (tertiary/aromatic N) is 3. The van der Waals surface area contributed by atoms with Gasteiger partial charge in [-0.2, -0.15) is 0 Å². The van der Waals surface area contributed by atoms with Gasteiger partial charge in [0.25, 0.3) is 0 Å². The fourth-order valence-corrected chi connectivity index (χ4v) is 3.11. The Bertz CT molecular complexity index is 611. The number of aromatic nitrogens is 3. The van der Waals surface area contributed by atoms with Crippen LogP contribution in [0.25, 0.3) is 10.8 Å². The Kier molecular flexibility index (Phi) is 5.07. The van der Waals surface area contributed by atoms with E-state index in [1.54, 1.807) is 18.5 Å². The zero-order valence-corrected chi connectivity index (χ0v) is 13.0. The summed E-state index contributed by atoms with van der Waals surface area (Å²) in [7, 11) is 0. The van der Waals surface area contributed by atoms with Crippen LogP contribution >= 0.6 is 11.3 Å². The summed E-state index contributed by atoms with van der Waals surface area (Å²) in [5, 5.41) is 5.70. The smallest absolute Gasteiger partial charge is 0.249 e. The van der Waals surface area contributed by atoms with Crippen LogP contribution in [-0.2, 0) is 16.0 Å². The molecule has 1 saturated heterocycles. The second kappa shape index (κ2) is 7.42. The second-order valence-electron chi connectivity index (χ2n) is 5.11. The molecule has 0 aliphatic carbocycles. The van der Waals surface area contributed by atoms with Crippen molar-refractivity contribution in [1.29, 1.82) is 0 Å². The summed E-state index contributed by atoms with van der Waals surface area (Å²) in [5.74, 6) is 0.625. The van der Waals surface area contributed by atoms with Crippen LogP contribution < -0.4 is 5.32 Å². The summed E-state index contributed by atoms with van der Waals surface area (Å²) in [6, 6.07) is 1.78. The van der Waals surface area contributed by atoms with E-state index in [4.69, 9.17) is 4.74 Å². The van der Waals surface area contributed by atoms with Crippen LogP contribution in [0.3, 0.4) is 0 Å². The zero-order valence-electron chi connectivity index (χ0n) is 12.2. The minimum absolute atomic E-state index is 0.0125. The predicted octanol–water partition coefficient (Wildman–Crippen LogP) is 1.83. The largest absolute Gasteiger partial charge is 0.368 e. The van der Waals surface area contributed by atoms with Crippen molar-refractivity contribution in [1.82, 2.24) is 20.3 Å². The first kappa shape index (κ1) is 15.1. The van der Waals surface area contributed by atoms with E-state index in [1.807, 2.05) is 5.38 Å². The maximum atomic E-state index is 11.9. The molecule has 1 aliphatic rings.